The molecular weight excluding hydrogens is 302 g/mol. The van der Waals surface area contributed by atoms with Gasteiger partial charge in [0.25, 0.3) is 0 Å². The smallest absolute Gasteiger partial charge is 0.326 e. The summed E-state index contributed by atoms with van der Waals surface area (Å²) in [5.41, 5.74) is 5.70. The summed E-state index contributed by atoms with van der Waals surface area (Å²) in [7, 11) is 0. The number of nitrogens with one attached hydrogen (secondary N) is 2. The number of aliphatic hydroxyl groups is 1. The largest absolute Gasteiger partial charge is 0.480 e. The van der Waals surface area contributed by atoms with Gasteiger partial charge in [-0.2, -0.15) is 0 Å². The molecule has 0 aliphatic rings. The zero-order chi connectivity index (χ0) is 18.3. The standard InChI is InChI=1S/C15H29N3O5/c1-7(2)6-10(15(22)23)17-14(21)12(9(5)19)18-13(20)11(16)8(3)4/h7-12,19H,6,16H2,1-5H3,(H,17,21)(H,18,20)(H,22,23). The Labute approximate surface area is 136 Å². The molecule has 0 saturated heterocycles. The number of carbonyl (C=O) groups excluding carboxylic acids is 2. The number of rotatable bonds is 9. The van der Waals surface area contributed by atoms with E-state index in [0.717, 1.165) is 0 Å². The van der Waals surface area contributed by atoms with Crippen LogP contribution >= 0.6 is 0 Å². The number of carboxylic acids is 1. The average molecular weight is 331 g/mol. The van der Waals surface area contributed by atoms with Crippen molar-refractivity contribution in [3.63, 3.8) is 0 Å². The number of aliphatic hydroxyl groups excluding tert-OH is 1. The van der Waals surface area contributed by atoms with Crippen LogP contribution in [-0.2, 0) is 14.4 Å². The third-order valence-corrected chi connectivity index (χ3v) is 3.41. The maximum absolute atomic E-state index is 12.2. The lowest BCUT2D eigenvalue weighted by atomic mass is 10.0. The molecule has 0 aromatic rings. The third-order valence-electron chi connectivity index (χ3n) is 3.41. The van der Waals surface area contributed by atoms with Crippen LogP contribution in [0.25, 0.3) is 0 Å². The first-order valence-electron chi connectivity index (χ1n) is 7.74. The summed E-state index contributed by atoms with van der Waals surface area (Å²) in [5, 5.41) is 23.6. The van der Waals surface area contributed by atoms with Crippen molar-refractivity contribution in [3.8, 4) is 0 Å². The molecule has 0 rings (SSSR count). The first-order chi connectivity index (χ1) is 10.5. The number of amides is 2. The van der Waals surface area contributed by atoms with Gasteiger partial charge in [0, 0.05) is 0 Å². The second-order valence-corrected chi connectivity index (χ2v) is 6.53. The normalized spacial score (nSPS) is 16.6. The summed E-state index contributed by atoms with van der Waals surface area (Å²) in [6.45, 7) is 8.51. The van der Waals surface area contributed by atoms with Crippen molar-refractivity contribution in [1.29, 1.82) is 0 Å². The van der Waals surface area contributed by atoms with Crippen LogP contribution in [0.1, 0.15) is 41.0 Å². The first-order valence-corrected chi connectivity index (χ1v) is 7.74. The molecule has 6 N–H and O–H groups in total. The van der Waals surface area contributed by atoms with Crippen molar-refractivity contribution in [1.82, 2.24) is 10.6 Å². The molecule has 8 nitrogen and oxygen atoms in total. The lowest BCUT2D eigenvalue weighted by Crippen LogP contribution is -2.58. The fraction of sp³-hybridized carbons (Fsp3) is 0.800. The lowest BCUT2D eigenvalue weighted by Gasteiger charge is -2.25. The minimum absolute atomic E-state index is 0.0605. The second kappa shape index (κ2) is 9.46. The number of nitrogens with two attached hydrogens (primary N) is 1. The van der Waals surface area contributed by atoms with Crippen molar-refractivity contribution in [3.05, 3.63) is 0 Å². The number of carboxylic acid groups (broad SMARTS) is 1. The van der Waals surface area contributed by atoms with Gasteiger partial charge in [0.05, 0.1) is 12.1 Å². The highest BCUT2D eigenvalue weighted by molar-refractivity contribution is 5.92. The fourth-order valence-electron chi connectivity index (χ4n) is 1.91. The van der Waals surface area contributed by atoms with Gasteiger partial charge in [-0.05, 0) is 25.2 Å². The van der Waals surface area contributed by atoms with Crippen LogP contribution in [0.5, 0.6) is 0 Å². The predicted molar refractivity (Wildman–Crippen MR) is 85.4 cm³/mol. The number of hydrogen-bond acceptors (Lipinski definition) is 5. The highest BCUT2D eigenvalue weighted by Gasteiger charge is 2.31. The molecule has 23 heavy (non-hydrogen) atoms. The highest BCUT2D eigenvalue weighted by atomic mass is 16.4. The minimum Gasteiger partial charge on any atom is -0.480 e. The Bertz CT molecular complexity index is 423. The number of hydrogen-bond donors (Lipinski definition) is 5. The average Bonchev–Trinajstić information content (AvgIpc) is 2.41. The molecular formula is C15H29N3O5. The molecule has 4 atom stereocenters. The molecule has 0 aliphatic carbocycles. The molecule has 0 aliphatic heterocycles. The van der Waals surface area contributed by atoms with E-state index in [-0.39, 0.29) is 18.3 Å². The summed E-state index contributed by atoms with van der Waals surface area (Å²) in [5.74, 6) is -2.57. The van der Waals surface area contributed by atoms with Crippen LogP contribution in [0.15, 0.2) is 0 Å². The summed E-state index contributed by atoms with van der Waals surface area (Å²) in [6.07, 6.45) is -0.945. The van der Waals surface area contributed by atoms with Crippen molar-refractivity contribution < 1.29 is 24.6 Å². The molecule has 0 heterocycles. The third kappa shape index (κ3) is 7.43. The van der Waals surface area contributed by atoms with Crippen LogP contribution in [0.3, 0.4) is 0 Å². The number of carbonyl (C=O) groups is 3. The Morgan fingerprint density at radius 1 is 1.00 bits per heavy atom. The summed E-state index contributed by atoms with van der Waals surface area (Å²) < 4.78 is 0. The second-order valence-electron chi connectivity index (χ2n) is 6.53. The quantitative estimate of drug-likeness (QED) is 0.384. The van der Waals surface area contributed by atoms with Crippen molar-refractivity contribution >= 4 is 17.8 Å². The van der Waals surface area contributed by atoms with Gasteiger partial charge in [-0.15, -0.1) is 0 Å². The van der Waals surface area contributed by atoms with Gasteiger partial charge in [0.1, 0.15) is 12.1 Å². The van der Waals surface area contributed by atoms with E-state index in [0.29, 0.717) is 0 Å². The van der Waals surface area contributed by atoms with Crippen molar-refractivity contribution in [2.45, 2.75) is 65.3 Å². The van der Waals surface area contributed by atoms with Gasteiger partial charge in [-0.25, -0.2) is 4.79 Å². The molecule has 0 aromatic carbocycles. The van der Waals surface area contributed by atoms with E-state index in [4.69, 9.17) is 10.8 Å². The highest BCUT2D eigenvalue weighted by Crippen LogP contribution is 2.06. The van der Waals surface area contributed by atoms with E-state index in [1.165, 1.54) is 6.92 Å². The SMILES string of the molecule is CC(C)CC(NC(=O)C(NC(=O)C(N)C(C)C)C(C)O)C(=O)O. The number of aliphatic carboxylic acids is 1. The van der Waals surface area contributed by atoms with Crippen LogP contribution in [0.2, 0.25) is 0 Å². The van der Waals surface area contributed by atoms with E-state index in [1.807, 2.05) is 13.8 Å². The molecule has 0 aromatic heterocycles. The molecule has 0 spiro atoms. The van der Waals surface area contributed by atoms with Gasteiger partial charge in [0.15, 0.2) is 0 Å². The van der Waals surface area contributed by atoms with E-state index in [2.05, 4.69) is 10.6 Å². The molecule has 2 amide bonds. The van der Waals surface area contributed by atoms with Gasteiger partial charge in [-0.1, -0.05) is 27.7 Å². The van der Waals surface area contributed by atoms with E-state index in [1.54, 1.807) is 13.8 Å². The fourth-order valence-corrected chi connectivity index (χ4v) is 1.91. The van der Waals surface area contributed by atoms with Crippen LogP contribution < -0.4 is 16.4 Å². The Kier molecular flexibility index (Phi) is 8.78. The van der Waals surface area contributed by atoms with E-state index >= 15 is 0 Å². The molecule has 0 radical (unpaired) electrons. The van der Waals surface area contributed by atoms with Crippen molar-refractivity contribution in [2.24, 2.45) is 17.6 Å². The Morgan fingerprint density at radius 3 is 1.87 bits per heavy atom. The molecule has 0 fully saturated rings. The maximum Gasteiger partial charge on any atom is 0.326 e. The monoisotopic (exact) mass is 331 g/mol. The van der Waals surface area contributed by atoms with Crippen LogP contribution in [0.4, 0.5) is 0 Å². The lowest BCUT2D eigenvalue weighted by molar-refractivity contribution is -0.143. The zero-order valence-corrected chi connectivity index (χ0v) is 14.4. The molecule has 0 bridgehead atoms. The predicted octanol–water partition coefficient (Wildman–Crippen LogP) is -0.549. The first kappa shape index (κ1) is 21.3. The van der Waals surface area contributed by atoms with E-state index in [9.17, 15) is 19.5 Å². The van der Waals surface area contributed by atoms with Crippen LogP contribution in [0, 0.1) is 11.8 Å². The van der Waals surface area contributed by atoms with Crippen LogP contribution in [-0.4, -0.2) is 52.2 Å². The molecule has 4 unspecified atom stereocenters. The Balaban J connectivity index is 4.98. The van der Waals surface area contributed by atoms with Gasteiger partial charge in [0.2, 0.25) is 11.8 Å². The summed E-state index contributed by atoms with van der Waals surface area (Å²) >= 11 is 0. The van der Waals surface area contributed by atoms with Gasteiger partial charge in [-0.3, -0.25) is 9.59 Å². The Hall–Kier alpha value is -1.67. The molecule has 134 valence electrons. The maximum atomic E-state index is 12.2. The van der Waals surface area contributed by atoms with Gasteiger partial charge >= 0.3 is 5.97 Å². The topological polar surface area (TPSA) is 142 Å². The molecule has 0 saturated carbocycles. The van der Waals surface area contributed by atoms with Crippen molar-refractivity contribution in [2.75, 3.05) is 0 Å². The minimum atomic E-state index is -1.26. The molecule has 8 heteroatoms. The summed E-state index contributed by atoms with van der Waals surface area (Å²) in [4.78, 5) is 35.4. The zero-order valence-electron chi connectivity index (χ0n) is 14.4. The van der Waals surface area contributed by atoms with Gasteiger partial charge < -0.3 is 26.6 Å². The Morgan fingerprint density at radius 2 is 1.52 bits per heavy atom. The van der Waals surface area contributed by atoms with E-state index < -0.39 is 42.0 Å². The summed E-state index contributed by atoms with van der Waals surface area (Å²) in [6, 6.07) is -3.17.